The Kier molecular flexibility index (Phi) is 9.29. The van der Waals surface area contributed by atoms with Crippen LogP contribution in [0.15, 0.2) is 72.8 Å². The molecule has 3 aromatic carbocycles. The molecule has 4 aliphatic rings. The Morgan fingerprint density at radius 1 is 0.848 bits per heavy atom. The van der Waals surface area contributed by atoms with Crippen molar-refractivity contribution in [2.75, 3.05) is 6.54 Å². The average Bonchev–Trinajstić information content (AvgIpc) is 3.03. The normalized spacial score (nSPS) is 24.8. The van der Waals surface area contributed by atoms with E-state index in [4.69, 9.17) is 9.84 Å². The highest BCUT2D eigenvalue weighted by molar-refractivity contribution is 5.90. The van der Waals surface area contributed by atoms with Gasteiger partial charge in [-0.2, -0.15) is 0 Å². The van der Waals surface area contributed by atoms with Gasteiger partial charge in [-0.3, -0.25) is 14.4 Å². The van der Waals surface area contributed by atoms with Crippen LogP contribution >= 0.6 is 0 Å². The second kappa shape index (κ2) is 13.5. The van der Waals surface area contributed by atoms with Crippen molar-refractivity contribution in [3.05, 3.63) is 83.9 Å². The maximum atomic E-state index is 14.1. The number of aliphatic carboxylic acids is 1. The number of fused-ring (bicyclic) bond motifs is 1. The monoisotopic (exact) mass is 625 g/mol. The van der Waals surface area contributed by atoms with Crippen molar-refractivity contribution in [1.82, 2.24) is 16.0 Å². The van der Waals surface area contributed by atoms with Crippen LogP contribution in [0.25, 0.3) is 10.8 Å². The van der Waals surface area contributed by atoms with Gasteiger partial charge in [-0.05, 0) is 84.6 Å². The molecule has 4 N–H and O–H groups in total. The van der Waals surface area contributed by atoms with Crippen LogP contribution in [0.2, 0.25) is 0 Å². The Hall–Kier alpha value is -4.40. The number of amides is 3. The van der Waals surface area contributed by atoms with Gasteiger partial charge in [-0.25, -0.2) is 4.79 Å². The molecule has 4 bridgehead atoms. The van der Waals surface area contributed by atoms with Gasteiger partial charge in [0.05, 0.1) is 12.5 Å². The Labute approximate surface area is 269 Å². The van der Waals surface area contributed by atoms with E-state index in [0.717, 1.165) is 59.4 Å². The molecule has 0 spiro atoms. The summed E-state index contributed by atoms with van der Waals surface area (Å²) in [6.45, 7) is 1.75. The third kappa shape index (κ3) is 7.35. The minimum absolute atomic E-state index is 0.0429. The van der Waals surface area contributed by atoms with E-state index in [1.54, 1.807) is 6.92 Å². The molecular formula is C37H43N3O6. The number of hydrogen-bond acceptors (Lipinski definition) is 5. The smallest absolute Gasteiger partial charge is 0.408 e. The summed E-state index contributed by atoms with van der Waals surface area (Å²) in [6.07, 6.45) is 4.79. The molecular weight excluding hydrogens is 582 g/mol. The predicted molar refractivity (Wildman–Crippen MR) is 174 cm³/mol. The van der Waals surface area contributed by atoms with Gasteiger partial charge >= 0.3 is 12.1 Å². The third-order valence-corrected chi connectivity index (χ3v) is 10.2. The summed E-state index contributed by atoms with van der Waals surface area (Å²) < 4.78 is 6.14. The Morgan fingerprint density at radius 2 is 1.50 bits per heavy atom. The number of alkyl carbamates (subject to hydrolysis) is 1. The van der Waals surface area contributed by atoms with Crippen LogP contribution in [0, 0.1) is 23.7 Å². The molecule has 3 aromatic rings. The largest absolute Gasteiger partial charge is 0.481 e. The van der Waals surface area contributed by atoms with E-state index in [1.807, 2.05) is 72.8 Å². The maximum absolute atomic E-state index is 14.1. The molecule has 9 heteroatoms. The highest BCUT2D eigenvalue weighted by Gasteiger charge is 2.50. The SMILES string of the molecule is CC(Cc1ccc2ccccc2c1)(NC(=O)OC1C2CC3CC(C2)CC1C3)C(=O)NC[C@H](NC(=O)CCC(=O)O)c1ccccc1. The molecule has 0 aliphatic heterocycles. The molecule has 46 heavy (non-hydrogen) atoms. The molecule has 7 rings (SSSR count). The Bertz CT molecular complexity index is 1560. The third-order valence-electron chi connectivity index (χ3n) is 10.2. The molecule has 4 fully saturated rings. The van der Waals surface area contributed by atoms with Crippen LogP contribution in [0.4, 0.5) is 4.79 Å². The van der Waals surface area contributed by atoms with Gasteiger partial charge in [-0.15, -0.1) is 0 Å². The lowest BCUT2D eigenvalue weighted by atomic mass is 9.55. The van der Waals surface area contributed by atoms with Gasteiger partial charge in [0.25, 0.3) is 0 Å². The number of benzene rings is 3. The lowest BCUT2D eigenvalue weighted by molar-refractivity contribution is -0.138. The second-order valence-electron chi connectivity index (χ2n) is 13.8. The first-order chi connectivity index (χ1) is 22.1. The highest BCUT2D eigenvalue weighted by atomic mass is 16.6. The minimum Gasteiger partial charge on any atom is -0.481 e. The fourth-order valence-electron chi connectivity index (χ4n) is 8.20. The van der Waals surface area contributed by atoms with E-state index in [9.17, 15) is 19.2 Å². The summed E-state index contributed by atoms with van der Waals surface area (Å²) in [5.74, 6) is 0.368. The van der Waals surface area contributed by atoms with Gasteiger partial charge in [0.2, 0.25) is 11.8 Å². The predicted octanol–water partition coefficient (Wildman–Crippen LogP) is 5.53. The Balaban J connectivity index is 1.19. The average molecular weight is 626 g/mol. The van der Waals surface area contributed by atoms with E-state index < -0.39 is 35.5 Å². The number of rotatable bonds is 12. The Morgan fingerprint density at radius 3 is 2.17 bits per heavy atom. The number of carbonyl (C=O) groups excluding carboxylic acids is 3. The first kappa shape index (κ1) is 31.6. The van der Waals surface area contributed by atoms with Gasteiger partial charge < -0.3 is 25.8 Å². The fourth-order valence-corrected chi connectivity index (χ4v) is 8.20. The zero-order valence-electron chi connectivity index (χ0n) is 26.2. The number of ether oxygens (including phenoxy) is 1. The first-order valence-electron chi connectivity index (χ1n) is 16.5. The molecule has 0 aromatic heterocycles. The van der Waals surface area contributed by atoms with Crippen LogP contribution in [-0.4, -0.2) is 47.2 Å². The van der Waals surface area contributed by atoms with Crippen LogP contribution in [0.3, 0.4) is 0 Å². The molecule has 3 amide bonds. The van der Waals surface area contributed by atoms with Gasteiger partial charge in [0.1, 0.15) is 11.6 Å². The molecule has 4 aliphatic carbocycles. The molecule has 1 unspecified atom stereocenters. The van der Waals surface area contributed by atoms with Crippen molar-refractivity contribution < 1.29 is 29.0 Å². The minimum atomic E-state index is -1.36. The van der Waals surface area contributed by atoms with E-state index in [-0.39, 0.29) is 31.9 Å². The lowest BCUT2D eigenvalue weighted by Crippen LogP contribution is -2.60. The summed E-state index contributed by atoms with van der Waals surface area (Å²) in [5.41, 5.74) is 0.282. The van der Waals surface area contributed by atoms with Crippen molar-refractivity contribution in [2.24, 2.45) is 23.7 Å². The molecule has 242 valence electrons. The first-order valence-corrected chi connectivity index (χ1v) is 16.5. The molecule has 9 nitrogen and oxygen atoms in total. The topological polar surface area (TPSA) is 134 Å². The summed E-state index contributed by atoms with van der Waals surface area (Å²) in [6, 6.07) is 22.6. The van der Waals surface area contributed by atoms with Crippen molar-refractivity contribution in [2.45, 2.75) is 76.0 Å². The van der Waals surface area contributed by atoms with Crippen molar-refractivity contribution in [3.63, 3.8) is 0 Å². The summed E-state index contributed by atoms with van der Waals surface area (Å²) in [4.78, 5) is 51.3. The van der Waals surface area contributed by atoms with Gasteiger partial charge in [0.15, 0.2) is 0 Å². The summed E-state index contributed by atoms with van der Waals surface area (Å²) >= 11 is 0. The van der Waals surface area contributed by atoms with Crippen LogP contribution in [0.5, 0.6) is 0 Å². The zero-order valence-corrected chi connectivity index (χ0v) is 26.2. The number of carboxylic acid groups (broad SMARTS) is 1. The second-order valence-corrected chi connectivity index (χ2v) is 13.8. The van der Waals surface area contributed by atoms with Crippen molar-refractivity contribution in [3.8, 4) is 0 Å². The van der Waals surface area contributed by atoms with E-state index in [2.05, 4.69) is 16.0 Å². The van der Waals surface area contributed by atoms with Crippen LogP contribution in [-0.2, 0) is 25.5 Å². The summed E-state index contributed by atoms with van der Waals surface area (Å²) in [5, 5.41) is 19.9. The fraction of sp³-hybridized carbons (Fsp3) is 0.459. The molecule has 0 radical (unpaired) electrons. The van der Waals surface area contributed by atoms with Crippen LogP contribution < -0.4 is 16.0 Å². The standard InChI is InChI=1S/C37H43N3O6/c1-37(21-23-11-12-26-7-5-6-10-28(26)16-23,40-36(45)46-34-29-17-24-15-25(19-29)20-30(34)18-24)35(44)38-22-31(27-8-3-2-4-9-27)39-32(41)13-14-33(42)43/h2-12,16,24-25,29-31,34H,13-15,17-22H2,1H3,(H,38,44)(H,39,41)(H,40,45)(H,42,43)/t24?,25?,29?,30?,31-,34?,37?/m0/s1. The van der Waals surface area contributed by atoms with E-state index >= 15 is 0 Å². The van der Waals surface area contributed by atoms with Crippen molar-refractivity contribution in [1.29, 1.82) is 0 Å². The maximum Gasteiger partial charge on any atom is 0.408 e. The van der Waals surface area contributed by atoms with Gasteiger partial charge in [0, 0.05) is 19.4 Å². The van der Waals surface area contributed by atoms with Gasteiger partial charge in [-0.1, -0.05) is 72.8 Å². The molecule has 4 saturated carbocycles. The molecule has 0 heterocycles. The zero-order chi connectivity index (χ0) is 32.3. The molecule has 2 atom stereocenters. The lowest BCUT2D eigenvalue weighted by Gasteiger charge is -2.53. The summed E-state index contributed by atoms with van der Waals surface area (Å²) in [7, 11) is 0. The quantitative estimate of drug-likeness (QED) is 0.209. The molecule has 0 saturated heterocycles. The highest BCUT2D eigenvalue weighted by Crippen LogP contribution is 2.54. The van der Waals surface area contributed by atoms with E-state index in [1.165, 1.54) is 6.42 Å². The number of carboxylic acids is 1. The van der Waals surface area contributed by atoms with Crippen molar-refractivity contribution >= 4 is 34.6 Å². The van der Waals surface area contributed by atoms with Crippen LogP contribution in [0.1, 0.15) is 69.0 Å². The number of carbonyl (C=O) groups is 4. The number of nitrogens with one attached hydrogen (secondary N) is 3. The van der Waals surface area contributed by atoms with E-state index in [0.29, 0.717) is 11.8 Å². The number of hydrogen-bond donors (Lipinski definition) is 4.